The molecule has 5 saturated carbocycles. The molecule has 0 aromatic carbocycles. The number of fused-ring (bicyclic) bond motifs is 1. The molecule has 0 amide bonds. The molecule has 0 aliphatic heterocycles. The molecule has 0 aromatic heterocycles. The topological polar surface area (TPSA) is 34.1 Å². The Hall–Kier alpha value is -0.660. The molecule has 0 atom stereocenters. The molecule has 2 nitrogen and oxygen atoms in total. The van der Waals surface area contributed by atoms with Crippen LogP contribution in [0.1, 0.15) is 33.1 Å². The number of ketones is 2. The van der Waals surface area contributed by atoms with E-state index in [1.54, 1.807) is 13.8 Å². The van der Waals surface area contributed by atoms with Crippen LogP contribution in [0.5, 0.6) is 0 Å². The second kappa shape index (κ2) is 1.75. The molecule has 0 N–H and O–H groups in total. The van der Waals surface area contributed by atoms with Gasteiger partial charge in [0.25, 0.3) is 0 Å². The maximum atomic E-state index is 11.5. The van der Waals surface area contributed by atoms with E-state index in [1.807, 2.05) is 0 Å². The third-order valence-electron chi connectivity index (χ3n) is 5.13. The minimum atomic E-state index is -0.0222. The van der Waals surface area contributed by atoms with Crippen LogP contribution in [0.4, 0.5) is 0 Å². The predicted octanol–water partition coefficient (Wildman–Crippen LogP) is 1.58. The molecule has 4 bridgehead atoms. The Morgan fingerprint density at radius 3 is 1.69 bits per heavy atom. The van der Waals surface area contributed by atoms with Crippen molar-refractivity contribution in [3.05, 3.63) is 0 Å². The van der Waals surface area contributed by atoms with E-state index in [2.05, 4.69) is 0 Å². The zero-order chi connectivity index (χ0) is 9.43. The highest BCUT2D eigenvalue weighted by Gasteiger charge is 2.87. The standard InChI is InChI=1S/C11H14O2/c1-6(12)10-5-11(7(2)13)8(10)3-4-9(10)11/h8-9H,3-5H2,1-2H3. The summed E-state index contributed by atoms with van der Waals surface area (Å²) in [7, 11) is 0. The van der Waals surface area contributed by atoms with E-state index in [-0.39, 0.29) is 10.8 Å². The first-order chi connectivity index (χ1) is 6.07. The van der Waals surface area contributed by atoms with Gasteiger partial charge >= 0.3 is 0 Å². The maximum Gasteiger partial charge on any atom is 0.136 e. The van der Waals surface area contributed by atoms with Crippen molar-refractivity contribution in [3.8, 4) is 0 Å². The Morgan fingerprint density at radius 2 is 1.38 bits per heavy atom. The highest BCUT2D eigenvalue weighted by Crippen LogP contribution is 2.87. The quantitative estimate of drug-likeness (QED) is 0.643. The molecule has 0 spiro atoms. The highest BCUT2D eigenvalue weighted by molar-refractivity contribution is 5.98. The number of hydrogen-bond donors (Lipinski definition) is 0. The summed E-state index contributed by atoms with van der Waals surface area (Å²) in [5, 5.41) is 0. The summed E-state index contributed by atoms with van der Waals surface area (Å²) in [6.07, 6.45) is 3.10. The summed E-state index contributed by atoms with van der Waals surface area (Å²) < 4.78 is 0. The van der Waals surface area contributed by atoms with Crippen LogP contribution in [0.15, 0.2) is 0 Å². The molecule has 0 saturated heterocycles. The van der Waals surface area contributed by atoms with Crippen LogP contribution in [0.25, 0.3) is 0 Å². The Bertz CT molecular complexity index is 289. The smallest absolute Gasteiger partial charge is 0.136 e. The Kier molecular flexibility index (Phi) is 1.04. The van der Waals surface area contributed by atoms with Crippen molar-refractivity contribution in [2.75, 3.05) is 0 Å². The molecule has 0 radical (unpaired) electrons. The number of rotatable bonds is 2. The minimum Gasteiger partial charge on any atom is -0.299 e. The van der Waals surface area contributed by atoms with Crippen LogP contribution in [0.2, 0.25) is 0 Å². The highest BCUT2D eigenvalue weighted by atomic mass is 16.1. The van der Waals surface area contributed by atoms with E-state index < -0.39 is 0 Å². The Morgan fingerprint density at radius 1 is 1.00 bits per heavy atom. The molecule has 2 heteroatoms. The number of Topliss-reactive ketones (excluding diaryl/α,β-unsaturated/α-hetero) is 2. The van der Waals surface area contributed by atoms with Gasteiger partial charge in [0, 0.05) is 10.8 Å². The fraction of sp³-hybridized carbons (Fsp3) is 0.818. The fourth-order valence-electron chi connectivity index (χ4n) is 4.62. The van der Waals surface area contributed by atoms with Gasteiger partial charge in [-0.3, -0.25) is 9.59 Å². The molecule has 0 unspecified atom stereocenters. The molecular formula is C11H14O2. The normalized spacial score (nSPS) is 55.2. The van der Waals surface area contributed by atoms with Crippen LogP contribution in [0, 0.1) is 22.7 Å². The number of carbonyl (C=O) groups excluding carboxylic acids is 2. The zero-order valence-electron chi connectivity index (χ0n) is 8.09. The lowest BCUT2D eigenvalue weighted by atomic mass is 9.25. The van der Waals surface area contributed by atoms with Crippen molar-refractivity contribution in [2.45, 2.75) is 33.1 Å². The van der Waals surface area contributed by atoms with Gasteiger partial charge in [0.2, 0.25) is 0 Å². The van der Waals surface area contributed by atoms with Crippen molar-refractivity contribution in [3.63, 3.8) is 0 Å². The van der Waals surface area contributed by atoms with Crippen LogP contribution in [-0.4, -0.2) is 11.6 Å². The van der Waals surface area contributed by atoms with Crippen LogP contribution in [-0.2, 0) is 9.59 Å². The fourth-order valence-corrected chi connectivity index (χ4v) is 4.62. The predicted molar refractivity (Wildman–Crippen MR) is 47.1 cm³/mol. The number of carbonyl (C=O) groups is 2. The van der Waals surface area contributed by atoms with Gasteiger partial charge in [-0.2, -0.15) is 0 Å². The second-order valence-electron chi connectivity index (χ2n) is 5.05. The molecule has 0 aromatic rings. The second-order valence-corrected chi connectivity index (χ2v) is 5.05. The summed E-state index contributed by atoms with van der Waals surface area (Å²) >= 11 is 0. The summed E-state index contributed by atoms with van der Waals surface area (Å²) in [6, 6.07) is 0. The van der Waals surface area contributed by atoms with Crippen LogP contribution >= 0.6 is 0 Å². The van der Waals surface area contributed by atoms with Crippen molar-refractivity contribution in [1.82, 2.24) is 0 Å². The third-order valence-corrected chi connectivity index (χ3v) is 5.13. The average Bonchev–Trinajstić information content (AvgIpc) is 2.38. The first kappa shape index (κ1) is 7.72. The van der Waals surface area contributed by atoms with Crippen molar-refractivity contribution >= 4 is 11.6 Å². The molecule has 0 heterocycles. The summed E-state index contributed by atoms with van der Waals surface area (Å²) in [4.78, 5) is 23.0. The van der Waals surface area contributed by atoms with Crippen molar-refractivity contribution < 1.29 is 9.59 Å². The molecule has 5 aliphatic rings. The minimum absolute atomic E-state index is 0.0222. The lowest BCUT2D eigenvalue weighted by molar-refractivity contribution is -0.263. The van der Waals surface area contributed by atoms with E-state index in [1.165, 1.54) is 0 Å². The van der Waals surface area contributed by atoms with E-state index in [4.69, 9.17) is 0 Å². The lowest BCUT2D eigenvalue weighted by Crippen LogP contribution is -2.78. The van der Waals surface area contributed by atoms with Gasteiger partial charge in [-0.1, -0.05) is 0 Å². The monoisotopic (exact) mass is 178 g/mol. The average molecular weight is 178 g/mol. The van der Waals surface area contributed by atoms with E-state index in [0.29, 0.717) is 23.4 Å². The van der Waals surface area contributed by atoms with E-state index in [9.17, 15) is 9.59 Å². The summed E-state index contributed by atoms with van der Waals surface area (Å²) in [5.41, 5.74) is -0.0443. The van der Waals surface area contributed by atoms with Crippen molar-refractivity contribution in [2.24, 2.45) is 22.7 Å². The largest absolute Gasteiger partial charge is 0.299 e. The maximum absolute atomic E-state index is 11.5. The molecule has 5 fully saturated rings. The SMILES string of the molecule is CC(=O)C12CC3(C(C)=O)C1CCC23. The van der Waals surface area contributed by atoms with Gasteiger partial charge in [-0.25, -0.2) is 0 Å². The molecule has 13 heavy (non-hydrogen) atoms. The van der Waals surface area contributed by atoms with Gasteiger partial charge in [0.05, 0.1) is 0 Å². The molecule has 5 aliphatic carbocycles. The van der Waals surface area contributed by atoms with Gasteiger partial charge < -0.3 is 0 Å². The summed E-state index contributed by atoms with van der Waals surface area (Å²) in [6.45, 7) is 3.41. The molecule has 70 valence electrons. The number of hydrogen-bond acceptors (Lipinski definition) is 2. The zero-order valence-corrected chi connectivity index (χ0v) is 8.09. The first-order valence-electron chi connectivity index (χ1n) is 5.09. The molecule has 5 rings (SSSR count). The van der Waals surface area contributed by atoms with Crippen LogP contribution in [0.3, 0.4) is 0 Å². The Labute approximate surface area is 77.7 Å². The van der Waals surface area contributed by atoms with E-state index in [0.717, 1.165) is 19.3 Å². The van der Waals surface area contributed by atoms with Gasteiger partial charge in [0.1, 0.15) is 11.6 Å². The van der Waals surface area contributed by atoms with Gasteiger partial charge in [0.15, 0.2) is 0 Å². The van der Waals surface area contributed by atoms with Gasteiger partial charge in [-0.05, 0) is 44.9 Å². The lowest BCUT2D eigenvalue weighted by Gasteiger charge is -2.75. The first-order valence-corrected chi connectivity index (χ1v) is 5.09. The van der Waals surface area contributed by atoms with E-state index >= 15 is 0 Å². The van der Waals surface area contributed by atoms with Crippen LogP contribution < -0.4 is 0 Å². The Balaban J connectivity index is 2.01. The van der Waals surface area contributed by atoms with Gasteiger partial charge in [-0.15, -0.1) is 0 Å². The van der Waals surface area contributed by atoms with Crippen molar-refractivity contribution in [1.29, 1.82) is 0 Å². The third kappa shape index (κ3) is 0.461. The molecular weight excluding hydrogens is 164 g/mol. The summed E-state index contributed by atoms with van der Waals surface area (Å²) in [5.74, 6) is 1.53.